The molecule has 3 rings (SSSR count). The Hall–Kier alpha value is -1.61. The van der Waals surface area contributed by atoms with Crippen LogP contribution in [0, 0.1) is 0 Å². The Morgan fingerprint density at radius 1 is 1.29 bits per heavy atom. The van der Waals surface area contributed by atoms with Crippen LogP contribution in [0.15, 0.2) is 22.7 Å². The van der Waals surface area contributed by atoms with Gasteiger partial charge in [-0.1, -0.05) is 22.0 Å². The molecule has 0 unspecified atom stereocenters. The van der Waals surface area contributed by atoms with E-state index in [1.165, 1.54) is 0 Å². The van der Waals surface area contributed by atoms with E-state index in [1.807, 2.05) is 18.2 Å². The van der Waals surface area contributed by atoms with Crippen LogP contribution in [-0.4, -0.2) is 36.7 Å². The average Bonchev–Trinajstić information content (AvgIpc) is 2.83. The van der Waals surface area contributed by atoms with Crippen LogP contribution in [0.5, 0.6) is 0 Å². The molecule has 9 heteroatoms. The van der Waals surface area contributed by atoms with Crippen molar-refractivity contribution in [2.24, 2.45) is 0 Å². The Bertz CT molecular complexity index is 689. The van der Waals surface area contributed by atoms with Gasteiger partial charge in [0.05, 0.1) is 19.3 Å². The summed E-state index contributed by atoms with van der Waals surface area (Å²) in [5.41, 5.74) is 0.349. The van der Waals surface area contributed by atoms with Crippen LogP contribution in [0.25, 0.3) is 0 Å². The predicted molar refractivity (Wildman–Crippen MR) is 81.1 cm³/mol. The van der Waals surface area contributed by atoms with Crippen molar-refractivity contribution >= 4 is 27.7 Å². The van der Waals surface area contributed by atoms with Gasteiger partial charge in [-0.15, -0.1) is 0 Å². The molecular formula is C15H14BrF3N2O3. The summed E-state index contributed by atoms with van der Waals surface area (Å²) in [4.78, 5) is 23.6. The molecule has 0 radical (unpaired) electrons. The van der Waals surface area contributed by atoms with Gasteiger partial charge >= 0.3 is 12.1 Å². The van der Waals surface area contributed by atoms with Crippen molar-refractivity contribution in [3.8, 4) is 0 Å². The zero-order valence-electron chi connectivity index (χ0n) is 12.4. The first-order valence-electron chi connectivity index (χ1n) is 7.28. The van der Waals surface area contributed by atoms with Crippen molar-refractivity contribution < 1.29 is 27.5 Å². The van der Waals surface area contributed by atoms with E-state index in [-0.39, 0.29) is 19.3 Å². The number of hydrogen-bond donors (Lipinski definition) is 2. The Kier molecular flexibility index (Phi) is 4.33. The van der Waals surface area contributed by atoms with Crippen LogP contribution < -0.4 is 10.6 Å². The Balaban J connectivity index is 1.72. The zero-order chi connectivity index (χ0) is 17.5. The molecule has 130 valence electrons. The third kappa shape index (κ3) is 3.14. The molecule has 5 nitrogen and oxygen atoms in total. The van der Waals surface area contributed by atoms with Crippen molar-refractivity contribution in [2.75, 3.05) is 13.2 Å². The molecule has 1 heterocycles. The molecule has 0 bridgehead atoms. The highest BCUT2D eigenvalue weighted by atomic mass is 79.9. The van der Waals surface area contributed by atoms with Crippen LogP contribution in [0.2, 0.25) is 0 Å². The molecule has 0 aromatic heterocycles. The summed E-state index contributed by atoms with van der Waals surface area (Å²) in [6.07, 6.45) is -3.63. The summed E-state index contributed by atoms with van der Waals surface area (Å²) in [5, 5.41) is 4.51. The van der Waals surface area contributed by atoms with E-state index in [9.17, 15) is 22.8 Å². The molecule has 1 aromatic carbocycles. The smallest absolute Gasteiger partial charge is 0.375 e. The van der Waals surface area contributed by atoms with Gasteiger partial charge in [0.2, 0.25) is 0 Å². The number of benzene rings is 1. The van der Waals surface area contributed by atoms with Crippen LogP contribution in [-0.2, 0) is 20.7 Å². The Labute approximate surface area is 144 Å². The number of carbonyl (C=O) groups is 2. The van der Waals surface area contributed by atoms with Gasteiger partial charge < -0.3 is 15.4 Å². The van der Waals surface area contributed by atoms with E-state index >= 15 is 0 Å². The fourth-order valence-electron chi connectivity index (χ4n) is 2.89. The molecule has 0 saturated carbocycles. The second kappa shape index (κ2) is 6.03. The predicted octanol–water partition coefficient (Wildman–Crippen LogP) is 2.00. The lowest BCUT2D eigenvalue weighted by Gasteiger charge is -2.41. The summed E-state index contributed by atoms with van der Waals surface area (Å²) < 4.78 is 43.2. The van der Waals surface area contributed by atoms with Crippen LogP contribution in [0.4, 0.5) is 13.2 Å². The number of fused-ring (bicyclic) bond motifs is 1. The number of rotatable bonds is 3. The van der Waals surface area contributed by atoms with Gasteiger partial charge in [-0.3, -0.25) is 9.59 Å². The lowest BCUT2D eigenvalue weighted by atomic mass is 9.95. The molecule has 1 atom stereocenters. The topological polar surface area (TPSA) is 67.4 Å². The lowest BCUT2D eigenvalue weighted by Crippen LogP contribution is -2.71. The van der Waals surface area contributed by atoms with E-state index in [1.54, 1.807) is 5.32 Å². The van der Waals surface area contributed by atoms with Gasteiger partial charge in [-0.05, 0) is 36.1 Å². The van der Waals surface area contributed by atoms with Gasteiger partial charge in [-0.2, -0.15) is 13.2 Å². The minimum absolute atomic E-state index is 0.277. The second-order valence-corrected chi connectivity index (χ2v) is 6.85. The van der Waals surface area contributed by atoms with E-state index in [4.69, 9.17) is 4.74 Å². The van der Waals surface area contributed by atoms with Gasteiger partial charge in [0.15, 0.2) is 5.54 Å². The number of nitrogens with one attached hydrogen (secondary N) is 2. The van der Waals surface area contributed by atoms with Crippen molar-refractivity contribution in [1.29, 1.82) is 0 Å². The lowest BCUT2D eigenvalue weighted by molar-refractivity contribution is -0.184. The standard InChI is InChI=1S/C15H14BrF3N2O3/c16-9-2-3-10-8(5-9)1-4-11(10)20-12(22)14(6-24-7-14)21-13(23)15(17,18)19/h2-3,5,11H,1,4,6-7H2,(H,20,22)(H,21,23)/t11-/m0/s1. The summed E-state index contributed by atoms with van der Waals surface area (Å²) >= 11 is 3.38. The van der Waals surface area contributed by atoms with Crippen molar-refractivity contribution in [1.82, 2.24) is 10.6 Å². The molecule has 2 aliphatic rings. The van der Waals surface area contributed by atoms with Gasteiger partial charge in [-0.25, -0.2) is 0 Å². The van der Waals surface area contributed by atoms with Crippen LogP contribution in [0.1, 0.15) is 23.6 Å². The first kappa shape index (κ1) is 17.2. The molecular weight excluding hydrogens is 393 g/mol. The Morgan fingerprint density at radius 3 is 2.58 bits per heavy atom. The molecule has 2 amide bonds. The molecule has 24 heavy (non-hydrogen) atoms. The van der Waals surface area contributed by atoms with E-state index in [0.717, 1.165) is 22.0 Å². The van der Waals surface area contributed by atoms with Crippen molar-refractivity contribution in [3.05, 3.63) is 33.8 Å². The molecule has 1 aliphatic heterocycles. The molecule has 1 aromatic rings. The molecule has 0 spiro atoms. The fraction of sp³-hybridized carbons (Fsp3) is 0.467. The van der Waals surface area contributed by atoms with Gasteiger partial charge in [0.1, 0.15) is 0 Å². The third-order valence-corrected chi connectivity index (χ3v) is 4.72. The first-order valence-corrected chi connectivity index (χ1v) is 8.07. The maximum absolute atomic E-state index is 12.5. The summed E-state index contributed by atoms with van der Waals surface area (Å²) in [7, 11) is 0. The van der Waals surface area contributed by atoms with Crippen molar-refractivity contribution in [2.45, 2.75) is 30.6 Å². The number of aryl methyl sites for hydroxylation is 1. The number of amides is 2. The van der Waals surface area contributed by atoms with E-state index in [0.29, 0.717) is 6.42 Å². The van der Waals surface area contributed by atoms with E-state index < -0.39 is 23.5 Å². The fourth-order valence-corrected chi connectivity index (χ4v) is 3.30. The highest BCUT2D eigenvalue weighted by molar-refractivity contribution is 9.10. The molecule has 1 fully saturated rings. The molecule has 1 saturated heterocycles. The quantitative estimate of drug-likeness (QED) is 0.806. The van der Waals surface area contributed by atoms with Crippen LogP contribution in [0.3, 0.4) is 0 Å². The highest BCUT2D eigenvalue weighted by Crippen LogP contribution is 2.34. The summed E-state index contributed by atoms with van der Waals surface area (Å²) in [6.45, 7) is -0.554. The first-order chi connectivity index (χ1) is 11.2. The van der Waals surface area contributed by atoms with Gasteiger partial charge in [0, 0.05) is 4.47 Å². The number of hydrogen-bond acceptors (Lipinski definition) is 3. The van der Waals surface area contributed by atoms with E-state index in [2.05, 4.69) is 21.2 Å². The summed E-state index contributed by atoms with van der Waals surface area (Å²) in [6, 6.07) is 5.38. The SMILES string of the molecule is O=C(NC1(C(=O)N[C@H]2CCc3cc(Br)ccc32)COC1)C(F)(F)F. The average molecular weight is 407 g/mol. The largest absolute Gasteiger partial charge is 0.471 e. The van der Waals surface area contributed by atoms with Crippen molar-refractivity contribution in [3.63, 3.8) is 0 Å². The van der Waals surface area contributed by atoms with Gasteiger partial charge in [0.25, 0.3) is 5.91 Å². The number of alkyl halides is 3. The maximum atomic E-state index is 12.5. The maximum Gasteiger partial charge on any atom is 0.471 e. The number of halogens is 4. The normalized spacial score (nSPS) is 21.6. The number of carbonyl (C=O) groups excluding carboxylic acids is 2. The molecule has 2 N–H and O–H groups in total. The molecule has 1 aliphatic carbocycles. The highest BCUT2D eigenvalue weighted by Gasteiger charge is 2.52. The second-order valence-electron chi connectivity index (χ2n) is 5.93. The third-order valence-electron chi connectivity index (χ3n) is 4.23. The zero-order valence-corrected chi connectivity index (χ0v) is 14.0. The monoisotopic (exact) mass is 406 g/mol. The minimum Gasteiger partial charge on any atom is -0.375 e. The number of ether oxygens (including phenoxy) is 1. The minimum atomic E-state index is -5.05. The summed E-state index contributed by atoms with van der Waals surface area (Å²) in [5.74, 6) is -2.80. The van der Waals surface area contributed by atoms with Crippen LogP contribution >= 0.6 is 15.9 Å². The Morgan fingerprint density at radius 2 is 2.00 bits per heavy atom.